The van der Waals surface area contributed by atoms with Crippen LogP contribution in [0.15, 0.2) is 29.3 Å². The van der Waals surface area contributed by atoms with Crippen molar-refractivity contribution in [2.45, 2.75) is 19.1 Å². The number of fused-ring (bicyclic) bond motifs is 1. The number of pyridine rings is 1. The number of piperazine rings is 1. The fourth-order valence-corrected chi connectivity index (χ4v) is 3.06. The van der Waals surface area contributed by atoms with E-state index in [4.69, 9.17) is 0 Å². The number of aryl methyl sites for hydroxylation is 1. The normalized spacial score (nSPS) is 16.4. The Balaban J connectivity index is 0.00000280. The maximum Gasteiger partial charge on any atom is 0.405 e. The zero-order valence-corrected chi connectivity index (χ0v) is 15.9. The Kier molecular flexibility index (Phi) is 7.02. The molecule has 0 bridgehead atoms. The maximum absolute atomic E-state index is 13.4. The highest BCUT2D eigenvalue weighted by atomic mass is 35.5. The standard InChI is InChI=1S/C17H20F3N5O2.ClH/c1-11-2-5-25-14(8-11)22-9-12(16(25)27)15(26)23-10-13(17(18,19)20)24-6-3-21-4-7-24;/h2,5,8-9,13,21H,3-4,6-7,10H2,1H3,(H,23,26);1H. The molecule has 11 heteroatoms. The molecule has 1 amide bonds. The summed E-state index contributed by atoms with van der Waals surface area (Å²) in [6.07, 6.45) is -1.91. The van der Waals surface area contributed by atoms with E-state index in [9.17, 15) is 22.8 Å². The van der Waals surface area contributed by atoms with Crippen molar-refractivity contribution >= 4 is 24.0 Å². The molecule has 28 heavy (non-hydrogen) atoms. The van der Waals surface area contributed by atoms with Crippen molar-refractivity contribution in [1.82, 2.24) is 24.9 Å². The molecule has 1 atom stereocenters. The second-order valence-electron chi connectivity index (χ2n) is 6.46. The molecule has 3 rings (SSSR count). The first-order chi connectivity index (χ1) is 12.8. The van der Waals surface area contributed by atoms with Crippen LogP contribution in [-0.2, 0) is 0 Å². The third-order valence-electron chi connectivity index (χ3n) is 4.54. The lowest BCUT2D eigenvalue weighted by Crippen LogP contribution is -2.57. The third kappa shape index (κ3) is 4.81. The molecule has 2 aromatic heterocycles. The number of hydrogen-bond donors (Lipinski definition) is 2. The predicted molar refractivity (Wildman–Crippen MR) is 100 cm³/mol. The van der Waals surface area contributed by atoms with Gasteiger partial charge in [-0.1, -0.05) is 0 Å². The van der Waals surface area contributed by atoms with Gasteiger partial charge in [-0.15, -0.1) is 12.4 Å². The highest BCUT2D eigenvalue weighted by Gasteiger charge is 2.43. The molecule has 0 aliphatic carbocycles. The van der Waals surface area contributed by atoms with E-state index in [0.717, 1.165) is 11.8 Å². The van der Waals surface area contributed by atoms with Crippen LogP contribution in [0.1, 0.15) is 15.9 Å². The van der Waals surface area contributed by atoms with Crippen LogP contribution in [0.4, 0.5) is 13.2 Å². The van der Waals surface area contributed by atoms with E-state index in [-0.39, 0.29) is 31.1 Å². The summed E-state index contributed by atoms with van der Waals surface area (Å²) in [6, 6.07) is 1.55. The van der Waals surface area contributed by atoms with Crippen molar-refractivity contribution in [3.05, 3.63) is 46.0 Å². The van der Waals surface area contributed by atoms with Crippen LogP contribution in [0.5, 0.6) is 0 Å². The van der Waals surface area contributed by atoms with Crippen LogP contribution >= 0.6 is 12.4 Å². The zero-order chi connectivity index (χ0) is 19.6. The monoisotopic (exact) mass is 419 g/mol. The van der Waals surface area contributed by atoms with E-state index in [1.165, 1.54) is 15.5 Å². The van der Waals surface area contributed by atoms with Gasteiger partial charge in [-0.25, -0.2) is 4.98 Å². The van der Waals surface area contributed by atoms with Gasteiger partial charge in [-0.2, -0.15) is 13.2 Å². The van der Waals surface area contributed by atoms with E-state index in [1.807, 2.05) is 6.92 Å². The number of nitrogens with one attached hydrogen (secondary N) is 2. The molecule has 0 spiro atoms. The minimum atomic E-state index is -4.49. The Morgan fingerprint density at radius 2 is 2.04 bits per heavy atom. The number of amides is 1. The topological polar surface area (TPSA) is 78.7 Å². The van der Waals surface area contributed by atoms with Gasteiger partial charge in [-0.05, 0) is 24.6 Å². The Hall–Kier alpha value is -2.17. The van der Waals surface area contributed by atoms with Crippen molar-refractivity contribution in [3.8, 4) is 0 Å². The van der Waals surface area contributed by atoms with Crippen LogP contribution in [0.2, 0.25) is 0 Å². The van der Waals surface area contributed by atoms with Gasteiger partial charge in [0, 0.05) is 45.1 Å². The van der Waals surface area contributed by atoms with Gasteiger partial charge >= 0.3 is 6.18 Å². The Morgan fingerprint density at radius 1 is 1.36 bits per heavy atom. The SMILES string of the molecule is Cc1ccn2c(=O)c(C(=O)NCC(N3CCNCC3)C(F)(F)F)cnc2c1.Cl. The van der Waals surface area contributed by atoms with Gasteiger partial charge in [0.1, 0.15) is 17.3 Å². The maximum atomic E-state index is 13.4. The quantitative estimate of drug-likeness (QED) is 0.772. The molecule has 1 fully saturated rings. The van der Waals surface area contributed by atoms with Crippen molar-refractivity contribution in [3.63, 3.8) is 0 Å². The van der Waals surface area contributed by atoms with E-state index >= 15 is 0 Å². The lowest BCUT2D eigenvalue weighted by Gasteiger charge is -2.35. The number of carbonyl (C=O) groups is 1. The highest BCUT2D eigenvalue weighted by molar-refractivity contribution is 5.93. The molecule has 1 aliphatic rings. The van der Waals surface area contributed by atoms with Crippen LogP contribution < -0.4 is 16.2 Å². The van der Waals surface area contributed by atoms with Crippen LogP contribution in [-0.4, -0.2) is 65.1 Å². The fourth-order valence-electron chi connectivity index (χ4n) is 3.06. The molecule has 1 unspecified atom stereocenters. The molecule has 1 saturated heterocycles. The second kappa shape index (κ2) is 8.89. The second-order valence-corrected chi connectivity index (χ2v) is 6.46. The smallest absolute Gasteiger partial charge is 0.350 e. The lowest BCUT2D eigenvalue weighted by molar-refractivity contribution is -0.183. The molecule has 0 saturated carbocycles. The molecule has 7 nitrogen and oxygen atoms in total. The third-order valence-corrected chi connectivity index (χ3v) is 4.54. The molecule has 0 radical (unpaired) electrons. The van der Waals surface area contributed by atoms with Crippen LogP contribution in [0, 0.1) is 6.92 Å². The minimum absolute atomic E-state index is 0. The number of alkyl halides is 3. The molecule has 1 aliphatic heterocycles. The number of rotatable bonds is 4. The fraction of sp³-hybridized carbons (Fsp3) is 0.471. The first kappa shape index (κ1) is 22.1. The molecular weight excluding hydrogens is 399 g/mol. The number of hydrogen-bond acceptors (Lipinski definition) is 5. The Labute approximate surface area is 165 Å². The number of carbonyl (C=O) groups excluding carboxylic acids is 1. The highest BCUT2D eigenvalue weighted by Crippen LogP contribution is 2.24. The summed E-state index contributed by atoms with van der Waals surface area (Å²) in [6.45, 7) is 2.59. The van der Waals surface area contributed by atoms with E-state index in [1.54, 1.807) is 12.1 Å². The molecule has 2 N–H and O–H groups in total. The summed E-state index contributed by atoms with van der Waals surface area (Å²) in [5.41, 5.74) is 0.342. The van der Waals surface area contributed by atoms with Gasteiger partial charge in [0.2, 0.25) is 0 Å². The van der Waals surface area contributed by atoms with E-state index in [2.05, 4.69) is 15.6 Å². The molecule has 0 aromatic carbocycles. The lowest BCUT2D eigenvalue weighted by atomic mass is 10.2. The van der Waals surface area contributed by atoms with Crippen molar-refractivity contribution < 1.29 is 18.0 Å². The zero-order valence-electron chi connectivity index (χ0n) is 15.1. The predicted octanol–water partition coefficient (Wildman–Crippen LogP) is 0.991. The van der Waals surface area contributed by atoms with E-state index < -0.39 is 30.2 Å². The average Bonchev–Trinajstić information content (AvgIpc) is 2.61. The summed E-state index contributed by atoms with van der Waals surface area (Å²) in [5.74, 6) is -0.869. The molecule has 3 heterocycles. The number of halogens is 4. The average molecular weight is 420 g/mol. The van der Waals surface area contributed by atoms with E-state index in [0.29, 0.717) is 18.7 Å². The van der Waals surface area contributed by atoms with Crippen molar-refractivity contribution in [2.24, 2.45) is 0 Å². The van der Waals surface area contributed by atoms with Crippen molar-refractivity contribution in [2.75, 3.05) is 32.7 Å². The number of aromatic nitrogens is 2. The Bertz CT molecular complexity index is 896. The molecule has 2 aromatic rings. The summed E-state index contributed by atoms with van der Waals surface area (Å²) < 4.78 is 41.4. The minimum Gasteiger partial charge on any atom is -0.350 e. The largest absolute Gasteiger partial charge is 0.405 e. The first-order valence-electron chi connectivity index (χ1n) is 8.55. The Morgan fingerprint density at radius 3 is 2.68 bits per heavy atom. The summed E-state index contributed by atoms with van der Waals surface area (Å²) >= 11 is 0. The first-order valence-corrected chi connectivity index (χ1v) is 8.55. The molecule has 154 valence electrons. The molecular formula is C17H21ClF3N5O2. The van der Waals surface area contributed by atoms with Gasteiger partial charge in [0.25, 0.3) is 11.5 Å². The van der Waals surface area contributed by atoms with Crippen molar-refractivity contribution in [1.29, 1.82) is 0 Å². The number of nitrogens with zero attached hydrogens (tertiary/aromatic N) is 3. The summed E-state index contributed by atoms with van der Waals surface area (Å²) in [7, 11) is 0. The van der Waals surface area contributed by atoms with Crippen LogP contribution in [0.25, 0.3) is 5.65 Å². The van der Waals surface area contributed by atoms with Gasteiger partial charge in [0.15, 0.2) is 0 Å². The van der Waals surface area contributed by atoms with Crippen LogP contribution in [0.3, 0.4) is 0 Å². The summed E-state index contributed by atoms with van der Waals surface area (Å²) in [5, 5.41) is 5.24. The van der Waals surface area contributed by atoms with Gasteiger partial charge in [-0.3, -0.25) is 18.9 Å². The van der Waals surface area contributed by atoms with Gasteiger partial charge in [0.05, 0.1) is 0 Å². The van der Waals surface area contributed by atoms with Gasteiger partial charge < -0.3 is 10.6 Å². The summed E-state index contributed by atoms with van der Waals surface area (Å²) in [4.78, 5) is 30.1.